The molecule has 2 heterocycles. The van der Waals surface area contributed by atoms with E-state index in [-0.39, 0.29) is 23.1 Å². The van der Waals surface area contributed by atoms with E-state index in [1.54, 1.807) is 0 Å². The van der Waals surface area contributed by atoms with Gasteiger partial charge in [-0.15, -0.1) is 0 Å². The molecule has 1 aromatic carbocycles. The smallest absolute Gasteiger partial charge is 0.322 e. The number of benzene rings is 1. The van der Waals surface area contributed by atoms with E-state index in [0.29, 0.717) is 5.56 Å². The molecule has 0 saturated carbocycles. The minimum absolute atomic E-state index is 0.0149. The number of aromatic nitrogens is 1. The van der Waals surface area contributed by atoms with Gasteiger partial charge >= 0.3 is 6.18 Å². The summed E-state index contributed by atoms with van der Waals surface area (Å²) < 4.78 is 53.9. The molecular formula is C20H21F4N3O. The van der Waals surface area contributed by atoms with Gasteiger partial charge < -0.3 is 10.6 Å². The largest absolute Gasteiger partial charge is 0.416 e. The van der Waals surface area contributed by atoms with Gasteiger partial charge in [-0.1, -0.05) is 6.92 Å². The highest BCUT2D eigenvalue weighted by molar-refractivity contribution is 6.04. The number of nitrogens with zero attached hydrogens (tertiary/aromatic N) is 1. The molecule has 0 bridgehead atoms. The van der Waals surface area contributed by atoms with Crippen molar-refractivity contribution in [2.45, 2.75) is 31.9 Å². The fourth-order valence-electron chi connectivity index (χ4n) is 3.52. The second kappa shape index (κ2) is 8.26. The molecule has 2 N–H and O–H groups in total. The second-order valence-electron chi connectivity index (χ2n) is 7.01. The summed E-state index contributed by atoms with van der Waals surface area (Å²) in [5.74, 6) is -1.67. The average Bonchev–Trinajstić information content (AvgIpc) is 2.67. The Morgan fingerprint density at radius 3 is 2.61 bits per heavy atom. The molecule has 3 rings (SSSR count). The van der Waals surface area contributed by atoms with Gasteiger partial charge in [-0.05, 0) is 73.7 Å². The first kappa shape index (κ1) is 20.3. The molecule has 2 aromatic rings. The first-order chi connectivity index (χ1) is 13.3. The molecular weight excluding hydrogens is 374 g/mol. The fourth-order valence-corrected chi connectivity index (χ4v) is 3.52. The summed E-state index contributed by atoms with van der Waals surface area (Å²) in [5.41, 5.74) is -0.678. The second-order valence-corrected chi connectivity index (χ2v) is 7.01. The van der Waals surface area contributed by atoms with Crippen LogP contribution in [-0.4, -0.2) is 24.0 Å². The van der Waals surface area contributed by atoms with Crippen LogP contribution in [0.2, 0.25) is 0 Å². The van der Waals surface area contributed by atoms with Crippen molar-refractivity contribution < 1.29 is 22.4 Å². The van der Waals surface area contributed by atoms with Crippen LogP contribution in [0.4, 0.5) is 23.2 Å². The lowest BCUT2D eigenvalue weighted by Gasteiger charge is -2.29. The molecule has 0 aliphatic carbocycles. The van der Waals surface area contributed by atoms with Crippen molar-refractivity contribution in [2.24, 2.45) is 5.92 Å². The predicted octanol–water partition coefficient (Wildman–Crippen LogP) is 4.59. The van der Waals surface area contributed by atoms with Crippen molar-refractivity contribution >= 4 is 11.6 Å². The molecule has 8 heteroatoms. The normalized spacial score (nSPS) is 16.6. The van der Waals surface area contributed by atoms with E-state index in [9.17, 15) is 22.4 Å². The SMILES string of the molecule is CC(c1cc(NC(=O)c2cccnc2F)cc(C(F)(F)F)c1)C1CCNCC1. The van der Waals surface area contributed by atoms with Crippen molar-refractivity contribution in [1.82, 2.24) is 10.3 Å². The number of rotatable bonds is 4. The number of halogens is 4. The predicted molar refractivity (Wildman–Crippen MR) is 97.6 cm³/mol. The van der Waals surface area contributed by atoms with Gasteiger partial charge in [0.2, 0.25) is 5.95 Å². The van der Waals surface area contributed by atoms with Gasteiger partial charge in [0.05, 0.1) is 11.1 Å². The van der Waals surface area contributed by atoms with Gasteiger partial charge in [-0.25, -0.2) is 4.98 Å². The molecule has 1 fully saturated rings. The zero-order valence-corrected chi connectivity index (χ0v) is 15.3. The quantitative estimate of drug-likeness (QED) is 0.588. The van der Waals surface area contributed by atoms with Gasteiger partial charge in [0.25, 0.3) is 5.91 Å². The Balaban J connectivity index is 1.91. The molecule has 1 aromatic heterocycles. The Kier molecular flexibility index (Phi) is 5.98. The van der Waals surface area contributed by atoms with Crippen molar-refractivity contribution in [3.05, 3.63) is 59.2 Å². The zero-order chi connectivity index (χ0) is 20.3. The summed E-state index contributed by atoms with van der Waals surface area (Å²) >= 11 is 0. The Bertz CT molecular complexity index is 848. The van der Waals surface area contributed by atoms with Crippen molar-refractivity contribution in [3.8, 4) is 0 Å². The van der Waals surface area contributed by atoms with E-state index in [0.717, 1.165) is 38.1 Å². The minimum atomic E-state index is -4.55. The third-order valence-corrected chi connectivity index (χ3v) is 5.16. The van der Waals surface area contributed by atoms with E-state index in [1.165, 1.54) is 24.4 Å². The molecule has 0 spiro atoms. The summed E-state index contributed by atoms with van der Waals surface area (Å²) in [6.07, 6.45) is -1.61. The summed E-state index contributed by atoms with van der Waals surface area (Å²) in [6.45, 7) is 3.56. The van der Waals surface area contributed by atoms with Gasteiger partial charge in [-0.2, -0.15) is 17.6 Å². The molecule has 28 heavy (non-hydrogen) atoms. The zero-order valence-electron chi connectivity index (χ0n) is 15.3. The van der Waals surface area contributed by atoms with Crippen LogP contribution in [0, 0.1) is 11.9 Å². The maximum atomic E-state index is 13.7. The lowest BCUT2D eigenvalue weighted by molar-refractivity contribution is -0.137. The fraction of sp³-hybridized carbons (Fsp3) is 0.400. The van der Waals surface area contributed by atoms with E-state index in [1.807, 2.05) is 6.92 Å². The molecule has 1 aliphatic heterocycles. The molecule has 1 saturated heterocycles. The molecule has 4 nitrogen and oxygen atoms in total. The monoisotopic (exact) mass is 395 g/mol. The van der Waals surface area contributed by atoms with E-state index in [2.05, 4.69) is 15.6 Å². The standard InChI is InChI=1S/C20H21F4N3O/c1-12(13-4-7-25-8-5-13)14-9-15(20(22,23)24)11-16(10-14)27-19(28)17-3-2-6-26-18(17)21/h2-3,6,9-13,25H,4-5,7-8H2,1H3,(H,27,28). The first-order valence-electron chi connectivity index (χ1n) is 9.10. The number of piperidine rings is 1. The highest BCUT2D eigenvalue weighted by atomic mass is 19.4. The number of anilines is 1. The highest BCUT2D eigenvalue weighted by Gasteiger charge is 2.32. The summed E-state index contributed by atoms with van der Waals surface area (Å²) in [7, 11) is 0. The van der Waals surface area contributed by atoms with Gasteiger partial charge in [0, 0.05) is 11.9 Å². The number of hydrogen-bond donors (Lipinski definition) is 2. The number of carbonyl (C=O) groups excluding carboxylic acids is 1. The number of amides is 1. The number of carbonyl (C=O) groups is 1. The third-order valence-electron chi connectivity index (χ3n) is 5.16. The van der Waals surface area contributed by atoms with Gasteiger partial charge in [0.15, 0.2) is 0 Å². The van der Waals surface area contributed by atoms with Crippen molar-refractivity contribution in [2.75, 3.05) is 18.4 Å². The Morgan fingerprint density at radius 2 is 1.96 bits per heavy atom. The first-order valence-corrected chi connectivity index (χ1v) is 9.10. The van der Waals surface area contributed by atoms with Crippen molar-refractivity contribution in [3.63, 3.8) is 0 Å². The van der Waals surface area contributed by atoms with Gasteiger partial charge in [-0.3, -0.25) is 4.79 Å². The lowest BCUT2D eigenvalue weighted by atomic mass is 9.81. The van der Waals surface area contributed by atoms with Crippen molar-refractivity contribution in [1.29, 1.82) is 0 Å². The average molecular weight is 395 g/mol. The Labute approximate surface area is 160 Å². The van der Waals surface area contributed by atoms with E-state index in [4.69, 9.17) is 0 Å². The van der Waals surface area contributed by atoms with Crippen LogP contribution < -0.4 is 10.6 Å². The number of alkyl halides is 3. The maximum Gasteiger partial charge on any atom is 0.416 e. The highest BCUT2D eigenvalue weighted by Crippen LogP contribution is 2.37. The molecule has 1 aliphatic rings. The van der Waals surface area contributed by atoms with Crippen LogP contribution in [0.25, 0.3) is 0 Å². The minimum Gasteiger partial charge on any atom is -0.322 e. The topological polar surface area (TPSA) is 54.0 Å². The number of hydrogen-bond acceptors (Lipinski definition) is 3. The molecule has 0 radical (unpaired) electrons. The number of pyridine rings is 1. The summed E-state index contributed by atoms with van der Waals surface area (Å²) in [5, 5.41) is 5.62. The van der Waals surface area contributed by atoms with Crippen LogP contribution in [-0.2, 0) is 6.18 Å². The Morgan fingerprint density at radius 1 is 1.25 bits per heavy atom. The van der Waals surface area contributed by atoms with Crippen LogP contribution in [0.15, 0.2) is 36.5 Å². The molecule has 1 amide bonds. The number of nitrogens with one attached hydrogen (secondary N) is 2. The molecule has 1 atom stereocenters. The molecule has 150 valence electrons. The summed E-state index contributed by atoms with van der Waals surface area (Å²) in [6, 6.07) is 6.14. The van der Waals surface area contributed by atoms with E-state index < -0.39 is 23.6 Å². The van der Waals surface area contributed by atoms with Crippen LogP contribution in [0.1, 0.15) is 47.2 Å². The maximum absolute atomic E-state index is 13.7. The Hall–Kier alpha value is -2.48. The van der Waals surface area contributed by atoms with Crippen LogP contribution in [0.3, 0.4) is 0 Å². The molecule has 1 unspecified atom stereocenters. The van der Waals surface area contributed by atoms with Crippen LogP contribution in [0.5, 0.6) is 0 Å². The third kappa shape index (κ3) is 4.67. The van der Waals surface area contributed by atoms with Crippen LogP contribution >= 0.6 is 0 Å². The summed E-state index contributed by atoms with van der Waals surface area (Å²) in [4.78, 5) is 15.7. The van der Waals surface area contributed by atoms with Gasteiger partial charge in [0.1, 0.15) is 0 Å². The lowest BCUT2D eigenvalue weighted by Crippen LogP contribution is -2.30. The van der Waals surface area contributed by atoms with E-state index >= 15 is 0 Å².